The molecular weight excluding hydrogens is 280 g/mol. The molecule has 0 saturated heterocycles. The normalized spacial score (nSPS) is 25.5. The Morgan fingerprint density at radius 3 is 3.09 bits per heavy atom. The van der Waals surface area contributed by atoms with Gasteiger partial charge in [0.25, 0.3) is 5.91 Å². The molecule has 0 bridgehead atoms. The molecular formula is C16H24N4O2. The quantitative estimate of drug-likeness (QED) is 0.829. The number of carbonyl (C=O) groups excluding carboxylic acids is 1. The Morgan fingerprint density at radius 2 is 2.36 bits per heavy atom. The summed E-state index contributed by atoms with van der Waals surface area (Å²) in [5.41, 5.74) is 3.74. The smallest absolute Gasteiger partial charge is 0.272 e. The van der Waals surface area contributed by atoms with Gasteiger partial charge in [-0.3, -0.25) is 9.89 Å². The standard InChI is InChI=1S/C16H24N4O2/c1-10-8-13-14(11(2)22-10)18-19-15(13)16(21)17-9-12-4-6-20(3)7-5-12/h4,10-11H,5-9H2,1-3H3,(H,17,21)(H,18,19)/t10-,11+/m1/s1. The summed E-state index contributed by atoms with van der Waals surface area (Å²) in [6, 6.07) is 0. The summed E-state index contributed by atoms with van der Waals surface area (Å²) in [6.45, 7) is 6.62. The zero-order chi connectivity index (χ0) is 15.7. The first-order chi connectivity index (χ1) is 10.5. The highest BCUT2D eigenvalue weighted by atomic mass is 16.5. The minimum Gasteiger partial charge on any atom is -0.369 e. The maximum atomic E-state index is 12.4. The van der Waals surface area contributed by atoms with E-state index in [1.54, 1.807) is 0 Å². The number of amides is 1. The van der Waals surface area contributed by atoms with Gasteiger partial charge in [-0.1, -0.05) is 11.6 Å². The van der Waals surface area contributed by atoms with Gasteiger partial charge in [-0.15, -0.1) is 0 Å². The van der Waals surface area contributed by atoms with Gasteiger partial charge in [0.15, 0.2) is 5.69 Å². The fraction of sp³-hybridized carbons (Fsp3) is 0.625. The summed E-state index contributed by atoms with van der Waals surface area (Å²) in [4.78, 5) is 14.7. The lowest BCUT2D eigenvalue weighted by atomic mass is 9.99. The molecule has 0 aliphatic carbocycles. The molecule has 2 aliphatic heterocycles. The number of aromatic nitrogens is 2. The minimum atomic E-state index is -0.0985. The van der Waals surface area contributed by atoms with Crippen molar-refractivity contribution in [1.82, 2.24) is 20.4 Å². The van der Waals surface area contributed by atoms with E-state index in [1.807, 2.05) is 13.8 Å². The second-order valence-corrected chi connectivity index (χ2v) is 6.31. The summed E-state index contributed by atoms with van der Waals surface area (Å²) < 4.78 is 5.75. The number of rotatable bonds is 3. The molecule has 0 unspecified atom stereocenters. The van der Waals surface area contributed by atoms with Crippen LogP contribution < -0.4 is 5.32 Å². The van der Waals surface area contributed by atoms with Crippen LogP contribution in [0.5, 0.6) is 0 Å². The van der Waals surface area contributed by atoms with E-state index in [4.69, 9.17) is 4.74 Å². The van der Waals surface area contributed by atoms with Crippen LogP contribution in [-0.2, 0) is 11.2 Å². The van der Waals surface area contributed by atoms with Crippen molar-refractivity contribution in [2.75, 3.05) is 26.7 Å². The van der Waals surface area contributed by atoms with Crippen LogP contribution in [0.15, 0.2) is 11.6 Å². The topological polar surface area (TPSA) is 70.2 Å². The third-order valence-corrected chi connectivity index (χ3v) is 4.43. The molecule has 0 radical (unpaired) electrons. The lowest BCUT2D eigenvalue weighted by Crippen LogP contribution is -2.32. The van der Waals surface area contributed by atoms with Gasteiger partial charge < -0.3 is 15.0 Å². The Morgan fingerprint density at radius 1 is 1.55 bits per heavy atom. The molecule has 120 valence electrons. The van der Waals surface area contributed by atoms with Gasteiger partial charge in [0.2, 0.25) is 0 Å². The van der Waals surface area contributed by atoms with E-state index in [1.165, 1.54) is 5.57 Å². The lowest BCUT2D eigenvalue weighted by molar-refractivity contribution is -0.00697. The molecule has 3 rings (SSSR count). The first-order valence-electron chi connectivity index (χ1n) is 7.92. The summed E-state index contributed by atoms with van der Waals surface area (Å²) in [6.07, 6.45) is 4.01. The van der Waals surface area contributed by atoms with Crippen LogP contribution in [0.2, 0.25) is 0 Å². The second-order valence-electron chi connectivity index (χ2n) is 6.31. The molecule has 1 amide bonds. The largest absolute Gasteiger partial charge is 0.369 e. The summed E-state index contributed by atoms with van der Waals surface area (Å²) >= 11 is 0. The van der Waals surface area contributed by atoms with Crippen molar-refractivity contribution in [3.63, 3.8) is 0 Å². The molecule has 0 aromatic carbocycles. The molecule has 0 saturated carbocycles. The third-order valence-electron chi connectivity index (χ3n) is 4.43. The van der Waals surface area contributed by atoms with Gasteiger partial charge in [-0.05, 0) is 27.3 Å². The number of likely N-dealkylation sites (N-methyl/N-ethyl adjacent to an activating group) is 1. The van der Waals surface area contributed by atoms with E-state index >= 15 is 0 Å². The molecule has 6 nitrogen and oxygen atoms in total. The average Bonchev–Trinajstić information content (AvgIpc) is 2.90. The zero-order valence-electron chi connectivity index (χ0n) is 13.5. The SMILES string of the molecule is C[C@@H]1Cc2c(C(=O)NCC3=CCN(C)CC3)n[nH]c2[C@H](C)O1. The molecule has 1 aromatic rings. The third kappa shape index (κ3) is 3.08. The lowest BCUT2D eigenvalue weighted by Gasteiger charge is -2.25. The molecule has 0 fully saturated rings. The highest BCUT2D eigenvalue weighted by Gasteiger charge is 2.29. The number of nitrogens with one attached hydrogen (secondary N) is 2. The predicted octanol–water partition coefficient (Wildman–Crippen LogP) is 1.42. The number of hydrogen-bond donors (Lipinski definition) is 2. The highest BCUT2D eigenvalue weighted by molar-refractivity contribution is 5.94. The van der Waals surface area contributed by atoms with Crippen LogP contribution in [0, 0.1) is 0 Å². The first kappa shape index (κ1) is 15.2. The van der Waals surface area contributed by atoms with Crippen molar-refractivity contribution in [3.8, 4) is 0 Å². The second kappa shape index (κ2) is 6.22. The van der Waals surface area contributed by atoms with Gasteiger partial charge >= 0.3 is 0 Å². The number of hydrogen-bond acceptors (Lipinski definition) is 4. The predicted molar refractivity (Wildman–Crippen MR) is 83.8 cm³/mol. The first-order valence-corrected chi connectivity index (χ1v) is 7.92. The van der Waals surface area contributed by atoms with Crippen LogP contribution in [-0.4, -0.2) is 53.8 Å². The number of ether oxygens (including phenoxy) is 1. The average molecular weight is 304 g/mol. The molecule has 2 atom stereocenters. The van der Waals surface area contributed by atoms with E-state index < -0.39 is 0 Å². The van der Waals surface area contributed by atoms with Gasteiger partial charge in [0.05, 0.1) is 17.9 Å². The van der Waals surface area contributed by atoms with Crippen molar-refractivity contribution in [1.29, 1.82) is 0 Å². The van der Waals surface area contributed by atoms with Crippen molar-refractivity contribution in [2.45, 2.75) is 38.9 Å². The van der Waals surface area contributed by atoms with Crippen molar-refractivity contribution < 1.29 is 9.53 Å². The van der Waals surface area contributed by atoms with Crippen LogP contribution in [0.25, 0.3) is 0 Å². The van der Waals surface area contributed by atoms with E-state index in [9.17, 15) is 4.79 Å². The van der Waals surface area contributed by atoms with Crippen LogP contribution in [0.1, 0.15) is 48.1 Å². The monoisotopic (exact) mass is 304 g/mol. The van der Waals surface area contributed by atoms with E-state index in [0.29, 0.717) is 12.2 Å². The molecule has 1 aromatic heterocycles. The molecule has 3 heterocycles. The molecule has 0 spiro atoms. The Hall–Kier alpha value is -1.66. The Labute approximate surface area is 130 Å². The zero-order valence-corrected chi connectivity index (χ0v) is 13.5. The van der Waals surface area contributed by atoms with Gasteiger partial charge in [0.1, 0.15) is 0 Å². The number of fused-ring (bicyclic) bond motifs is 1. The van der Waals surface area contributed by atoms with E-state index in [2.05, 4.69) is 33.5 Å². The molecule has 6 heteroatoms. The summed E-state index contributed by atoms with van der Waals surface area (Å²) in [7, 11) is 2.10. The van der Waals surface area contributed by atoms with E-state index in [0.717, 1.165) is 37.2 Å². The Bertz CT molecular complexity index is 593. The Balaban J connectivity index is 1.66. The van der Waals surface area contributed by atoms with Crippen molar-refractivity contribution in [3.05, 3.63) is 28.6 Å². The van der Waals surface area contributed by atoms with Gasteiger partial charge in [-0.25, -0.2) is 0 Å². The molecule has 2 N–H and O–H groups in total. The van der Waals surface area contributed by atoms with Crippen LogP contribution in [0.4, 0.5) is 0 Å². The van der Waals surface area contributed by atoms with Crippen molar-refractivity contribution in [2.24, 2.45) is 0 Å². The van der Waals surface area contributed by atoms with Gasteiger partial charge in [-0.2, -0.15) is 5.10 Å². The summed E-state index contributed by atoms with van der Waals surface area (Å²) in [5.74, 6) is -0.0985. The highest BCUT2D eigenvalue weighted by Crippen LogP contribution is 2.30. The molecule has 22 heavy (non-hydrogen) atoms. The number of carbonyl (C=O) groups is 1. The fourth-order valence-corrected chi connectivity index (χ4v) is 3.11. The summed E-state index contributed by atoms with van der Waals surface area (Å²) in [5, 5.41) is 10.2. The Kier molecular flexibility index (Phi) is 4.31. The number of nitrogens with zero attached hydrogens (tertiary/aromatic N) is 2. The molecule has 2 aliphatic rings. The number of aromatic amines is 1. The maximum absolute atomic E-state index is 12.4. The maximum Gasteiger partial charge on any atom is 0.272 e. The minimum absolute atomic E-state index is 0.0376. The van der Waals surface area contributed by atoms with Crippen LogP contribution in [0.3, 0.4) is 0 Å². The fourth-order valence-electron chi connectivity index (χ4n) is 3.11. The van der Waals surface area contributed by atoms with Crippen LogP contribution >= 0.6 is 0 Å². The number of H-pyrrole nitrogens is 1. The van der Waals surface area contributed by atoms with Crippen molar-refractivity contribution >= 4 is 5.91 Å². The van der Waals surface area contributed by atoms with E-state index in [-0.39, 0.29) is 18.1 Å². The van der Waals surface area contributed by atoms with Gasteiger partial charge in [0, 0.05) is 31.6 Å².